The van der Waals surface area contributed by atoms with Crippen molar-refractivity contribution in [2.75, 3.05) is 32.7 Å². The molecule has 2 amide bonds. The largest absolute Gasteiger partial charge is 0.454 e. The van der Waals surface area contributed by atoms with Crippen molar-refractivity contribution in [3.8, 4) is 0 Å². The zero-order chi connectivity index (χ0) is 30.9. The SMILES string of the molecule is CC(C)(C)OC(=O)N1CCC(CC(=O)N2CCN(C(c3ccccc3)c3ccc(C(F)(F)F)o3)CC2C(C)(C)C)CC1. The highest BCUT2D eigenvalue weighted by molar-refractivity contribution is 5.77. The first kappa shape index (κ1) is 31.9. The Morgan fingerprint density at radius 3 is 2.12 bits per heavy atom. The molecular formula is C32H44F3N3O4. The molecule has 1 aromatic carbocycles. The number of carbonyl (C=O) groups excluding carboxylic acids is 2. The molecule has 0 saturated carbocycles. The Hall–Kier alpha value is -3.01. The Morgan fingerprint density at radius 2 is 1.57 bits per heavy atom. The molecular weight excluding hydrogens is 547 g/mol. The Bertz CT molecular complexity index is 1210. The molecule has 3 heterocycles. The number of likely N-dealkylation sites (tertiary alicyclic amines) is 1. The van der Waals surface area contributed by atoms with Crippen LogP contribution in [0.2, 0.25) is 0 Å². The van der Waals surface area contributed by atoms with Crippen molar-refractivity contribution in [2.24, 2.45) is 11.3 Å². The second-order valence-corrected chi connectivity index (χ2v) is 13.6. The third-order valence-electron chi connectivity index (χ3n) is 8.12. The van der Waals surface area contributed by atoms with E-state index in [0.29, 0.717) is 39.1 Å². The molecule has 4 rings (SSSR count). The Balaban J connectivity index is 1.47. The van der Waals surface area contributed by atoms with Gasteiger partial charge in [0.05, 0.1) is 6.04 Å². The second-order valence-electron chi connectivity index (χ2n) is 13.6. The predicted molar refractivity (Wildman–Crippen MR) is 154 cm³/mol. The van der Waals surface area contributed by atoms with Crippen molar-refractivity contribution in [1.29, 1.82) is 0 Å². The maximum absolute atomic E-state index is 13.7. The van der Waals surface area contributed by atoms with E-state index >= 15 is 0 Å². The first-order valence-corrected chi connectivity index (χ1v) is 14.8. The highest BCUT2D eigenvalue weighted by Gasteiger charge is 2.42. The van der Waals surface area contributed by atoms with Crippen LogP contribution in [0.1, 0.15) is 83.9 Å². The van der Waals surface area contributed by atoms with E-state index in [0.717, 1.165) is 24.5 Å². The highest BCUT2D eigenvalue weighted by atomic mass is 19.4. The van der Waals surface area contributed by atoms with E-state index in [1.54, 1.807) is 4.90 Å². The molecule has 2 unspecified atom stereocenters. The molecule has 232 valence electrons. The summed E-state index contributed by atoms with van der Waals surface area (Å²) in [7, 11) is 0. The lowest BCUT2D eigenvalue weighted by Gasteiger charge is -2.49. The number of amides is 2. The molecule has 0 N–H and O–H groups in total. The molecule has 1 aromatic heterocycles. The molecule has 2 atom stereocenters. The van der Waals surface area contributed by atoms with E-state index in [4.69, 9.17) is 9.15 Å². The smallest absolute Gasteiger partial charge is 0.449 e. The summed E-state index contributed by atoms with van der Waals surface area (Å²) in [5.74, 6) is -0.523. The van der Waals surface area contributed by atoms with Gasteiger partial charge in [-0.15, -0.1) is 0 Å². The zero-order valence-corrected chi connectivity index (χ0v) is 25.5. The quantitative estimate of drug-likeness (QED) is 0.375. The third-order valence-corrected chi connectivity index (χ3v) is 8.12. The number of benzene rings is 1. The fraction of sp³-hybridized carbons (Fsp3) is 0.625. The van der Waals surface area contributed by atoms with Gasteiger partial charge in [-0.25, -0.2) is 4.79 Å². The van der Waals surface area contributed by atoms with Crippen LogP contribution in [0.25, 0.3) is 0 Å². The average molecular weight is 592 g/mol. The van der Waals surface area contributed by atoms with Gasteiger partial charge in [-0.2, -0.15) is 13.2 Å². The summed E-state index contributed by atoms with van der Waals surface area (Å²) < 4.78 is 51.1. The summed E-state index contributed by atoms with van der Waals surface area (Å²) in [4.78, 5) is 32.0. The van der Waals surface area contributed by atoms with Gasteiger partial charge in [0, 0.05) is 45.2 Å². The number of rotatable bonds is 5. The lowest BCUT2D eigenvalue weighted by Crippen LogP contribution is -2.60. The maximum Gasteiger partial charge on any atom is 0.449 e. The molecule has 2 saturated heterocycles. The summed E-state index contributed by atoms with van der Waals surface area (Å²) in [6.07, 6.45) is -3.00. The van der Waals surface area contributed by atoms with Crippen LogP contribution in [-0.4, -0.2) is 71.1 Å². The zero-order valence-electron chi connectivity index (χ0n) is 25.5. The Kier molecular flexibility index (Phi) is 9.35. The normalized spacial score (nSPS) is 20.5. The van der Waals surface area contributed by atoms with Crippen LogP contribution < -0.4 is 0 Å². The Labute approximate surface area is 247 Å². The van der Waals surface area contributed by atoms with Crippen molar-refractivity contribution in [3.05, 3.63) is 59.5 Å². The molecule has 2 fully saturated rings. The van der Waals surface area contributed by atoms with Crippen LogP contribution in [0.5, 0.6) is 0 Å². The van der Waals surface area contributed by atoms with Gasteiger partial charge in [-0.3, -0.25) is 9.69 Å². The number of carbonyl (C=O) groups is 2. The molecule has 0 radical (unpaired) electrons. The molecule has 7 nitrogen and oxygen atoms in total. The van der Waals surface area contributed by atoms with Crippen molar-refractivity contribution in [2.45, 2.75) is 84.7 Å². The van der Waals surface area contributed by atoms with Gasteiger partial charge in [0.1, 0.15) is 11.4 Å². The molecule has 2 aromatic rings. The van der Waals surface area contributed by atoms with Gasteiger partial charge in [-0.05, 0) is 62.6 Å². The topological polar surface area (TPSA) is 66.2 Å². The van der Waals surface area contributed by atoms with Crippen LogP contribution in [0.3, 0.4) is 0 Å². The van der Waals surface area contributed by atoms with Gasteiger partial charge in [-0.1, -0.05) is 51.1 Å². The first-order valence-electron chi connectivity index (χ1n) is 14.8. The van der Waals surface area contributed by atoms with Crippen LogP contribution in [0.15, 0.2) is 46.9 Å². The molecule has 2 aliphatic rings. The highest BCUT2D eigenvalue weighted by Crippen LogP contribution is 2.39. The number of piperazine rings is 1. The fourth-order valence-corrected chi connectivity index (χ4v) is 5.93. The summed E-state index contributed by atoms with van der Waals surface area (Å²) in [6, 6.07) is 11.1. The first-order chi connectivity index (χ1) is 19.5. The lowest BCUT2D eigenvalue weighted by molar-refractivity contribution is -0.154. The average Bonchev–Trinajstić information content (AvgIpc) is 3.39. The summed E-state index contributed by atoms with van der Waals surface area (Å²) in [5, 5.41) is 0. The number of piperidine rings is 1. The van der Waals surface area contributed by atoms with Crippen molar-refractivity contribution >= 4 is 12.0 Å². The van der Waals surface area contributed by atoms with Crippen molar-refractivity contribution in [1.82, 2.24) is 14.7 Å². The maximum atomic E-state index is 13.7. The number of hydrogen-bond acceptors (Lipinski definition) is 5. The molecule has 0 aliphatic carbocycles. The minimum Gasteiger partial charge on any atom is -0.454 e. The van der Waals surface area contributed by atoms with Gasteiger partial charge in [0.2, 0.25) is 11.7 Å². The fourth-order valence-electron chi connectivity index (χ4n) is 5.93. The van der Waals surface area contributed by atoms with Gasteiger partial charge in [0.15, 0.2) is 0 Å². The number of hydrogen-bond donors (Lipinski definition) is 0. The van der Waals surface area contributed by atoms with E-state index in [9.17, 15) is 22.8 Å². The van der Waals surface area contributed by atoms with Crippen LogP contribution >= 0.6 is 0 Å². The summed E-state index contributed by atoms with van der Waals surface area (Å²) in [6.45, 7) is 14.4. The van der Waals surface area contributed by atoms with Crippen molar-refractivity contribution < 1.29 is 31.9 Å². The van der Waals surface area contributed by atoms with E-state index < -0.39 is 23.6 Å². The van der Waals surface area contributed by atoms with E-state index in [1.165, 1.54) is 6.07 Å². The number of ether oxygens (including phenoxy) is 1. The minimum atomic E-state index is -4.57. The number of alkyl halides is 3. The van der Waals surface area contributed by atoms with Gasteiger partial charge < -0.3 is 19.0 Å². The third kappa shape index (κ3) is 7.88. The number of halogens is 3. The van der Waals surface area contributed by atoms with Gasteiger partial charge >= 0.3 is 12.3 Å². The predicted octanol–water partition coefficient (Wildman–Crippen LogP) is 6.98. The monoisotopic (exact) mass is 591 g/mol. The van der Waals surface area contributed by atoms with E-state index in [-0.39, 0.29) is 35.1 Å². The molecule has 42 heavy (non-hydrogen) atoms. The Morgan fingerprint density at radius 1 is 0.929 bits per heavy atom. The minimum absolute atomic E-state index is 0.0823. The van der Waals surface area contributed by atoms with Gasteiger partial charge in [0.25, 0.3) is 0 Å². The van der Waals surface area contributed by atoms with Crippen LogP contribution in [0, 0.1) is 11.3 Å². The number of nitrogens with zero attached hydrogens (tertiary/aromatic N) is 3. The second kappa shape index (κ2) is 12.3. The molecule has 2 aliphatic heterocycles. The molecule has 10 heteroatoms. The van der Waals surface area contributed by atoms with E-state index in [1.807, 2.05) is 56.0 Å². The molecule has 0 bridgehead atoms. The van der Waals surface area contributed by atoms with Crippen molar-refractivity contribution in [3.63, 3.8) is 0 Å². The standard InChI is InChI=1S/C32H44F3N3O4/c1-30(2,3)25-21-37(28(23-10-8-7-9-11-23)24-12-13-26(41-24)32(33,34)35)18-19-38(25)27(39)20-22-14-16-36(17-15-22)29(40)42-31(4,5)6/h7-13,22,25,28H,14-21H2,1-6H3. The van der Waals surface area contributed by atoms with E-state index in [2.05, 4.69) is 25.7 Å². The summed E-state index contributed by atoms with van der Waals surface area (Å²) >= 11 is 0. The van der Waals surface area contributed by atoms with Crippen LogP contribution in [0.4, 0.5) is 18.0 Å². The van der Waals surface area contributed by atoms with Crippen LogP contribution in [-0.2, 0) is 15.7 Å². The summed E-state index contributed by atoms with van der Waals surface area (Å²) in [5.41, 5.74) is 0.0193. The molecule has 0 spiro atoms. The lowest BCUT2D eigenvalue weighted by atomic mass is 9.82. The number of furan rings is 1.